The standard InChI is InChI=1S/C19H33NO/c1-8-13-20-17(18(21-7)19(4,5)6)16-11-9-15(10-12-16)14(2)3/h9-12,14,17-18,20H,8,13H2,1-7H3. The van der Waals surface area contributed by atoms with E-state index < -0.39 is 0 Å². The van der Waals surface area contributed by atoms with Crippen molar-refractivity contribution in [2.45, 2.75) is 66.0 Å². The predicted octanol–water partition coefficient (Wildman–Crippen LogP) is 4.91. The third kappa shape index (κ3) is 5.12. The van der Waals surface area contributed by atoms with Gasteiger partial charge in [-0.15, -0.1) is 0 Å². The lowest BCUT2D eigenvalue weighted by molar-refractivity contribution is -0.0119. The first-order valence-electron chi connectivity index (χ1n) is 8.17. The molecule has 0 spiro atoms. The van der Waals surface area contributed by atoms with Crippen LogP contribution < -0.4 is 5.32 Å². The maximum Gasteiger partial charge on any atom is 0.0814 e. The minimum atomic E-state index is 0.0941. The second kappa shape index (κ2) is 7.95. The highest BCUT2D eigenvalue weighted by atomic mass is 16.5. The van der Waals surface area contributed by atoms with Gasteiger partial charge in [-0.25, -0.2) is 0 Å². The molecule has 0 saturated carbocycles. The first-order valence-corrected chi connectivity index (χ1v) is 8.17. The average molecular weight is 291 g/mol. The molecule has 21 heavy (non-hydrogen) atoms. The van der Waals surface area contributed by atoms with Gasteiger partial charge < -0.3 is 10.1 Å². The van der Waals surface area contributed by atoms with E-state index in [1.807, 2.05) is 7.11 Å². The maximum atomic E-state index is 5.84. The van der Waals surface area contributed by atoms with Crippen LogP contribution in [-0.4, -0.2) is 19.8 Å². The van der Waals surface area contributed by atoms with Crippen molar-refractivity contribution < 1.29 is 4.74 Å². The van der Waals surface area contributed by atoms with Crippen molar-refractivity contribution in [2.75, 3.05) is 13.7 Å². The molecule has 1 aromatic carbocycles. The lowest BCUT2D eigenvalue weighted by atomic mass is 9.81. The zero-order valence-electron chi connectivity index (χ0n) is 14.9. The highest BCUT2D eigenvalue weighted by Crippen LogP contribution is 2.33. The molecule has 0 saturated heterocycles. The van der Waals surface area contributed by atoms with Crippen molar-refractivity contribution in [1.29, 1.82) is 0 Å². The summed E-state index contributed by atoms with van der Waals surface area (Å²) in [5.41, 5.74) is 2.80. The van der Waals surface area contributed by atoms with Gasteiger partial charge in [0.25, 0.3) is 0 Å². The molecular weight excluding hydrogens is 258 g/mol. The van der Waals surface area contributed by atoms with Gasteiger partial charge in [0.15, 0.2) is 0 Å². The van der Waals surface area contributed by atoms with Gasteiger partial charge in [-0.3, -0.25) is 0 Å². The van der Waals surface area contributed by atoms with Gasteiger partial charge in [-0.1, -0.05) is 65.8 Å². The summed E-state index contributed by atoms with van der Waals surface area (Å²) < 4.78 is 5.84. The fraction of sp³-hybridized carbons (Fsp3) is 0.684. The Morgan fingerprint density at radius 2 is 1.57 bits per heavy atom. The lowest BCUT2D eigenvalue weighted by Crippen LogP contribution is -2.41. The summed E-state index contributed by atoms with van der Waals surface area (Å²) in [5.74, 6) is 0.571. The summed E-state index contributed by atoms with van der Waals surface area (Å²) >= 11 is 0. The monoisotopic (exact) mass is 291 g/mol. The highest BCUT2D eigenvalue weighted by molar-refractivity contribution is 5.28. The van der Waals surface area contributed by atoms with Crippen molar-refractivity contribution in [3.63, 3.8) is 0 Å². The number of ether oxygens (including phenoxy) is 1. The van der Waals surface area contributed by atoms with Crippen LogP contribution in [0.15, 0.2) is 24.3 Å². The number of hydrogen-bond donors (Lipinski definition) is 1. The lowest BCUT2D eigenvalue weighted by Gasteiger charge is -2.37. The van der Waals surface area contributed by atoms with E-state index in [1.54, 1.807) is 0 Å². The van der Waals surface area contributed by atoms with Crippen LogP contribution in [0.5, 0.6) is 0 Å². The highest BCUT2D eigenvalue weighted by Gasteiger charge is 2.33. The van der Waals surface area contributed by atoms with Crippen LogP contribution in [0, 0.1) is 5.41 Å². The van der Waals surface area contributed by atoms with E-state index in [2.05, 4.69) is 71.1 Å². The molecule has 1 rings (SSSR count). The quantitative estimate of drug-likeness (QED) is 0.770. The van der Waals surface area contributed by atoms with Gasteiger partial charge in [0.1, 0.15) is 0 Å². The Balaban J connectivity index is 3.06. The molecule has 0 fully saturated rings. The van der Waals surface area contributed by atoms with Gasteiger partial charge in [0, 0.05) is 7.11 Å². The summed E-state index contributed by atoms with van der Waals surface area (Å²) in [7, 11) is 1.82. The van der Waals surface area contributed by atoms with E-state index in [9.17, 15) is 0 Å². The minimum absolute atomic E-state index is 0.0941. The Kier molecular flexibility index (Phi) is 6.89. The molecule has 2 unspecified atom stereocenters. The van der Waals surface area contributed by atoms with Crippen molar-refractivity contribution in [3.8, 4) is 0 Å². The Bertz CT molecular complexity index is 403. The van der Waals surface area contributed by atoms with Crippen LogP contribution in [0.25, 0.3) is 0 Å². The minimum Gasteiger partial charge on any atom is -0.379 e. The van der Waals surface area contributed by atoms with Gasteiger partial charge in [-0.05, 0) is 35.4 Å². The molecule has 0 amide bonds. The molecule has 0 heterocycles. The summed E-state index contributed by atoms with van der Waals surface area (Å²) in [6.07, 6.45) is 1.27. The first kappa shape index (κ1) is 18.2. The second-order valence-electron chi connectivity index (χ2n) is 7.28. The predicted molar refractivity (Wildman–Crippen MR) is 91.8 cm³/mol. The van der Waals surface area contributed by atoms with Crippen molar-refractivity contribution in [1.82, 2.24) is 5.32 Å². The molecular formula is C19H33NO. The molecule has 0 bridgehead atoms. The molecule has 1 N–H and O–H groups in total. The van der Waals surface area contributed by atoms with Gasteiger partial charge in [0.05, 0.1) is 12.1 Å². The smallest absolute Gasteiger partial charge is 0.0814 e. The molecule has 2 heteroatoms. The normalized spacial score (nSPS) is 15.2. The molecule has 0 aromatic heterocycles. The number of hydrogen-bond acceptors (Lipinski definition) is 2. The molecule has 0 aliphatic rings. The fourth-order valence-electron chi connectivity index (χ4n) is 2.78. The van der Waals surface area contributed by atoms with E-state index in [0.29, 0.717) is 5.92 Å². The molecule has 120 valence electrons. The van der Waals surface area contributed by atoms with E-state index in [0.717, 1.165) is 13.0 Å². The first-order chi connectivity index (χ1) is 9.81. The molecule has 2 nitrogen and oxygen atoms in total. The second-order valence-corrected chi connectivity index (χ2v) is 7.28. The SMILES string of the molecule is CCCNC(c1ccc(C(C)C)cc1)C(OC)C(C)(C)C. The number of nitrogens with one attached hydrogen (secondary N) is 1. The number of rotatable bonds is 7. The van der Waals surface area contributed by atoms with Crippen LogP contribution in [-0.2, 0) is 4.74 Å². The summed E-state index contributed by atoms with van der Waals surface area (Å²) in [4.78, 5) is 0. The van der Waals surface area contributed by atoms with Crippen LogP contribution in [0.2, 0.25) is 0 Å². The third-order valence-electron chi connectivity index (χ3n) is 3.99. The van der Waals surface area contributed by atoms with E-state index in [-0.39, 0.29) is 17.6 Å². The van der Waals surface area contributed by atoms with Gasteiger partial charge in [0.2, 0.25) is 0 Å². The summed E-state index contributed by atoms with van der Waals surface area (Å²) in [6.45, 7) is 14.4. The zero-order chi connectivity index (χ0) is 16.0. The molecule has 2 atom stereocenters. The zero-order valence-corrected chi connectivity index (χ0v) is 14.9. The van der Waals surface area contributed by atoms with Crippen LogP contribution in [0.4, 0.5) is 0 Å². The third-order valence-corrected chi connectivity index (χ3v) is 3.99. The Morgan fingerprint density at radius 3 is 1.95 bits per heavy atom. The van der Waals surface area contributed by atoms with Crippen molar-refractivity contribution >= 4 is 0 Å². The fourth-order valence-corrected chi connectivity index (χ4v) is 2.78. The van der Waals surface area contributed by atoms with Gasteiger partial charge >= 0.3 is 0 Å². The van der Waals surface area contributed by atoms with Crippen molar-refractivity contribution in [3.05, 3.63) is 35.4 Å². The van der Waals surface area contributed by atoms with E-state index >= 15 is 0 Å². The van der Waals surface area contributed by atoms with Gasteiger partial charge in [-0.2, -0.15) is 0 Å². The van der Waals surface area contributed by atoms with Crippen LogP contribution in [0.1, 0.15) is 71.0 Å². The average Bonchev–Trinajstić information content (AvgIpc) is 2.42. The number of benzene rings is 1. The molecule has 1 aromatic rings. The largest absolute Gasteiger partial charge is 0.379 e. The maximum absolute atomic E-state index is 5.84. The molecule has 0 aliphatic carbocycles. The Hall–Kier alpha value is -0.860. The topological polar surface area (TPSA) is 21.3 Å². The molecule has 0 radical (unpaired) electrons. The van der Waals surface area contributed by atoms with Crippen molar-refractivity contribution in [2.24, 2.45) is 5.41 Å². The number of methoxy groups -OCH3 is 1. The summed E-state index contributed by atoms with van der Waals surface area (Å²) in [5, 5.41) is 3.67. The van der Waals surface area contributed by atoms with E-state index in [4.69, 9.17) is 4.74 Å². The Labute approximate surface area is 131 Å². The van der Waals surface area contributed by atoms with Crippen LogP contribution >= 0.6 is 0 Å². The van der Waals surface area contributed by atoms with Crippen LogP contribution in [0.3, 0.4) is 0 Å². The van der Waals surface area contributed by atoms with E-state index in [1.165, 1.54) is 11.1 Å². The Morgan fingerprint density at radius 1 is 1.05 bits per heavy atom. The molecule has 0 aliphatic heterocycles. The summed E-state index contributed by atoms with van der Waals surface area (Å²) in [6, 6.07) is 9.23.